The normalized spacial score (nSPS) is 11.7. The molecule has 0 aromatic carbocycles. The summed E-state index contributed by atoms with van der Waals surface area (Å²) in [6.07, 6.45) is 3.28. The summed E-state index contributed by atoms with van der Waals surface area (Å²) in [6, 6.07) is 1.75. The molecule has 0 saturated carbocycles. The highest BCUT2D eigenvalue weighted by atomic mass is 32.2. The second-order valence-corrected chi connectivity index (χ2v) is 7.00. The van der Waals surface area contributed by atoms with Gasteiger partial charge in [0.05, 0.1) is 0 Å². The number of hydrogen-bond donors (Lipinski definition) is 2. The van der Waals surface area contributed by atoms with Gasteiger partial charge in [-0.05, 0) is 31.0 Å². The van der Waals surface area contributed by atoms with Crippen molar-refractivity contribution in [2.24, 2.45) is 0 Å². The van der Waals surface area contributed by atoms with E-state index in [-0.39, 0.29) is 15.6 Å². The first-order valence-electron chi connectivity index (χ1n) is 5.49. The van der Waals surface area contributed by atoms with Crippen LogP contribution in [0.3, 0.4) is 0 Å². The fraction of sp³-hybridized carbons (Fsp3) is 0.273. The van der Waals surface area contributed by atoms with Crippen LogP contribution >= 0.6 is 11.3 Å². The lowest BCUT2D eigenvalue weighted by atomic mass is 10.2. The number of aromatic amines is 1. The standard InChI is InChI=1S/C11H13N3O3S2/c1-7-5-12-4-3-9(7)6-13-19(16,17)10-8(2)14-11(15)18-10/h3-5,13H,6H2,1-2H3,(H,14,15). The summed E-state index contributed by atoms with van der Waals surface area (Å²) in [6.45, 7) is 3.59. The number of pyridine rings is 1. The Balaban J connectivity index is 2.22. The number of nitrogens with one attached hydrogen (secondary N) is 2. The lowest BCUT2D eigenvalue weighted by Crippen LogP contribution is -2.23. The van der Waals surface area contributed by atoms with Crippen molar-refractivity contribution in [3.05, 3.63) is 44.9 Å². The Labute approximate surface area is 114 Å². The van der Waals surface area contributed by atoms with E-state index < -0.39 is 10.0 Å². The number of H-pyrrole nitrogens is 1. The van der Waals surface area contributed by atoms with Crippen molar-refractivity contribution in [2.75, 3.05) is 0 Å². The van der Waals surface area contributed by atoms with Gasteiger partial charge in [-0.25, -0.2) is 13.1 Å². The highest BCUT2D eigenvalue weighted by molar-refractivity contribution is 7.91. The SMILES string of the molecule is Cc1cnccc1CNS(=O)(=O)c1sc(=O)[nH]c1C. The van der Waals surface area contributed by atoms with Crippen LogP contribution in [0.25, 0.3) is 0 Å². The van der Waals surface area contributed by atoms with Crippen LogP contribution in [-0.4, -0.2) is 18.4 Å². The zero-order valence-corrected chi connectivity index (χ0v) is 12.1. The van der Waals surface area contributed by atoms with Gasteiger partial charge in [0, 0.05) is 24.6 Å². The lowest BCUT2D eigenvalue weighted by Gasteiger charge is -2.07. The molecule has 0 amide bonds. The second kappa shape index (κ2) is 5.24. The summed E-state index contributed by atoms with van der Waals surface area (Å²) < 4.78 is 26.7. The number of sulfonamides is 1. The summed E-state index contributed by atoms with van der Waals surface area (Å²) in [4.78, 5) is 17.2. The minimum absolute atomic E-state index is 0.0317. The Morgan fingerprint density at radius 2 is 2.16 bits per heavy atom. The predicted octanol–water partition coefficient (Wildman–Crippen LogP) is 0.927. The van der Waals surface area contributed by atoms with Crippen molar-refractivity contribution < 1.29 is 8.42 Å². The summed E-state index contributed by atoms with van der Waals surface area (Å²) >= 11 is 0.687. The zero-order chi connectivity index (χ0) is 14.0. The number of aromatic nitrogens is 2. The van der Waals surface area contributed by atoms with Crippen LogP contribution in [0, 0.1) is 13.8 Å². The van der Waals surface area contributed by atoms with Crippen molar-refractivity contribution in [1.29, 1.82) is 0 Å². The molecule has 19 heavy (non-hydrogen) atoms. The summed E-state index contributed by atoms with van der Waals surface area (Å²) in [5.74, 6) is 0. The van der Waals surface area contributed by atoms with Gasteiger partial charge >= 0.3 is 4.87 Å². The van der Waals surface area contributed by atoms with E-state index >= 15 is 0 Å². The van der Waals surface area contributed by atoms with E-state index in [4.69, 9.17) is 0 Å². The van der Waals surface area contributed by atoms with E-state index in [9.17, 15) is 13.2 Å². The molecule has 0 aliphatic heterocycles. The largest absolute Gasteiger partial charge is 0.315 e. The molecule has 0 unspecified atom stereocenters. The third-order valence-electron chi connectivity index (χ3n) is 2.61. The molecule has 2 heterocycles. The van der Waals surface area contributed by atoms with E-state index in [0.717, 1.165) is 11.1 Å². The van der Waals surface area contributed by atoms with E-state index in [2.05, 4.69) is 14.7 Å². The van der Waals surface area contributed by atoms with Crippen molar-refractivity contribution in [2.45, 2.75) is 24.6 Å². The predicted molar refractivity (Wildman–Crippen MR) is 72.7 cm³/mol. The maximum absolute atomic E-state index is 12.1. The van der Waals surface area contributed by atoms with Gasteiger partial charge < -0.3 is 4.98 Å². The van der Waals surface area contributed by atoms with Gasteiger partial charge in [0.15, 0.2) is 4.21 Å². The molecule has 0 atom stereocenters. The fourth-order valence-corrected chi connectivity index (χ4v) is 3.94. The molecule has 2 aromatic rings. The smallest absolute Gasteiger partial charge is 0.305 e. The Kier molecular flexibility index (Phi) is 3.83. The number of hydrogen-bond acceptors (Lipinski definition) is 5. The average molecular weight is 299 g/mol. The van der Waals surface area contributed by atoms with Crippen molar-refractivity contribution in [1.82, 2.24) is 14.7 Å². The molecule has 2 aromatic heterocycles. The van der Waals surface area contributed by atoms with Gasteiger partial charge in [-0.2, -0.15) is 0 Å². The van der Waals surface area contributed by atoms with Crippen LogP contribution in [-0.2, 0) is 16.6 Å². The molecule has 0 aliphatic rings. The molecule has 0 bridgehead atoms. The van der Waals surface area contributed by atoms with Crippen LogP contribution < -0.4 is 9.60 Å². The summed E-state index contributed by atoms with van der Waals surface area (Å²) in [7, 11) is -3.67. The summed E-state index contributed by atoms with van der Waals surface area (Å²) in [5, 5.41) is 0. The first-order chi connectivity index (χ1) is 8.90. The molecule has 0 aliphatic carbocycles. The Bertz CT molecular complexity index is 747. The first kappa shape index (κ1) is 13.9. The molecule has 2 rings (SSSR count). The minimum atomic E-state index is -3.67. The maximum Gasteiger partial charge on any atom is 0.305 e. The number of thiazole rings is 1. The molecule has 0 saturated heterocycles. The molecule has 0 spiro atoms. The molecular formula is C11H13N3O3S2. The third-order valence-corrected chi connectivity index (χ3v) is 5.62. The number of aryl methyl sites for hydroxylation is 2. The summed E-state index contributed by atoms with van der Waals surface area (Å²) in [5.41, 5.74) is 2.11. The highest BCUT2D eigenvalue weighted by Gasteiger charge is 2.20. The van der Waals surface area contributed by atoms with E-state index in [1.165, 1.54) is 0 Å². The van der Waals surface area contributed by atoms with Gasteiger partial charge in [-0.3, -0.25) is 9.78 Å². The third kappa shape index (κ3) is 3.09. The van der Waals surface area contributed by atoms with Crippen molar-refractivity contribution in [3.8, 4) is 0 Å². The molecule has 0 radical (unpaired) electrons. The van der Waals surface area contributed by atoms with E-state index in [1.54, 1.807) is 25.4 Å². The molecule has 102 valence electrons. The average Bonchev–Trinajstić information content (AvgIpc) is 2.68. The maximum atomic E-state index is 12.1. The zero-order valence-electron chi connectivity index (χ0n) is 10.4. The molecular weight excluding hydrogens is 286 g/mol. The van der Waals surface area contributed by atoms with Gasteiger partial charge in [-0.1, -0.05) is 11.3 Å². The van der Waals surface area contributed by atoms with Crippen LogP contribution in [0.15, 0.2) is 27.5 Å². The van der Waals surface area contributed by atoms with Crippen molar-refractivity contribution in [3.63, 3.8) is 0 Å². The molecule has 0 fully saturated rings. The molecule has 2 N–H and O–H groups in total. The second-order valence-electron chi connectivity index (χ2n) is 4.05. The topological polar surface area (TPSA) is 91.9 Å². The van der Waals surface area contributed by atoms with Gasteiger partial charge in [-0.15, -0.1) is 0 Å². The Hall–Kier alpha value is -1.51. The quantitative estimate of drug-likeness (QED) is 0.878. The van der Waals surface area contributed by atoms with E-state index in [1.807, 2.05) is 6.92 Å². The molecule has 6 nitrogen and oxygen atoms in total. The van der Waals surface area contributed by atoms with Crippen LogP contribution in [0.1, 0.15) is 16.8 Å². The minimum Gasteiger partial charge on any atom is -0.315 e. The lowest BCUT2D eigenvalue weighted by molar-refractivity contribution is 0.582. The number of nitrogens with zero attached hydrogens (tertiary/aromatic N) is 1. The van der Waals surface area contributed by atoms with Crippen molar-refractivity contribution >= 4 is 21.4 Å². The van der Waals surface area contributed by atoms with Gasteiger partial charge in [0.25, 0.3) is 10.0 Å². The first-order valence-corrected chi connectivity index (χ1v) is 7.79. The van der Waals surface area contributed by atoms with Gasteiger partial charge in [0.2, 0.25) is 0 Å². The van der Waals surface area contributed by atoms with Crippen LogP contribution in [0.2, 0.25) is 0 Å². The van der Waals surface area contributed by atoms with E-state index in [0.29, 0.717) is 17.0 Å². The fourth-order valence-electron chi connectivity index (χ4n) is 1.59. The van der Waals surface area contributed by atoms with Crippen LogP contribution in [0.4, 0.5) is 0 Å². The molecule has 8 heteroatoms. The monoisotopic (exact) mass is 299 g/mol. The Morgan fingerprint density at radius 1 is 1.42 bits per heavy atom. The highest BCUT2D eigenvalue weighted by Crippen LogP contribution is 2.16. The van der Waals surface area contributed by atoms with Gasteiger partial charge in [0.1, 0.15) is 0 Å². The Morgan fingerprint density at radius 3 is 2.74 bits per heavy atom. The number of rotatable bonds is 4. The van der Waals surface area contributed by atoms with Crippen LogP contribution in [0.5, 0.6) is 0 Å².